The SMILES string of the molecule is C=CCOC(=O)CC(C)NC(=O)OC(C)(C)C. The Morgan fingerprint density at radius 3 is 2.47 bits per heavy atom. The third-order valence-electron chi connectivity index (χ3n) is 1.60. The predicted octanol–water partition coefficient (Wildman–Crippen LogP) is 2.02. The lowest BCUT2D eigenvalue weighted by Gasteiger charge is -2.21. The number of carbonyl (C=O) groups excluding carboxylic acids is 2. The van der Waals surface area contributed by atoms with Gasteiger partial charge in [-0.1, -0.05) is 12.7 Å². The molecule has 1 N–H and O–H groups in total. The summed E-state index contributed by atoms with van der Waals surface area (Å²) in [6.07, 6.45) is 1.05. The molecule has 17 heavy (non-hydrogen) atoms. The standard InChI is InChI=1S/C12H21NO4/c1-6-7-16-10(14)8-9(2)13-11(15)17-12(3,4)5/h6,9H,1,7-8H2,2-5H3,(H,13,15). The van der Waals surface area contributed by atoms with Crippen LogP contribution in [0.3, 0.4) is 0 Å². The van der Waals surface area contributed by atoms with Crippen LogP contribution in [0.4, 0.5) is 4.79 Å². The molecule has 0 aliphatic heterocycles. The van der Waals surface area contributed by atoms with Gasteiger partial charge in [-0.25, -0.2) is 4.79 Å². The minimum absolute atomic E-state index is 0.104. The van der Waals surface area contributed by atoms with Crippen LogP contribution in [0.25, 0.3) is 0 Å². The largest absolute Gasteiger partial charge is 0.461 e. The number of hydrogen-bond donors (Lipinski definition) is 1. The minimum atomic E-state index is -0.548. The number of nitrogens with one attached hydrogen (secondary N) is 1. The Morgan fingerprint density at radius 2 is 2.00 bits per heavy atom. The van der Waals surface area contributed by atoms with E-state index in [1.165, 1.54) is 6.08 Å². The number of ether oxygens (including phenoxy) is 2. The van der Waals surface area contributed by atoms with E-state index in [0.717, 1.165) is 0 Å². The molecule has 0 saturated carbocycles. The van der Waals surface area contributed by atoms with E-state index < -0.39 is 11.7 Å². The van der Waals surface area contributed by atoms with Crippen molar-refractivity contribution >= 4 is 12.1 Å². The monoisotopic (exact) mass is 243 g/mol. The summed E-state index contributed by atoms with van der Waals surface area (Å²) < 4.78 is 9.85. The van der Waals surface area contributed by atoms with E-state index in [1.54, 1.807) is 27.7 Å². The molecule has 0 heterocycles. The molecule has 0 spiro atoms. The van der Waals surface area contributed by atoms with Crippen LogP contribution in [0.15, 0.2) is 12.7 Å². The second-order valence-corrected chi connectivity index (χ2v) is 4.72. The maximum atomic E-state index is 11.4. The molecule has 0 aliphatic rings. The maximum Gasteiger partial charge on any atom is 0.407 e. The summed E-state index contributed by atoms with van der Waals surface area (Å²) in [4.78, 5) is 22.6. The zero-order valence-corrected chi connectivity index (χ0v) is 10.9. The van der Waals surface area contributed by atoms with Crippen molar-refractivity contribution in [2.24, 2.45) is 0 Å². The van der Waals surface area contributed by atoms with Crippen LogP contribution in [0, 0.1) is 0 Å². The number of alkyl carbamates (subject to hydrolysis) is 1. The van der Waals surface area contributed by atoms with E-state index in [0.29, 0.717) is 0 Å². The van der Waals surface area contributed by atoms with Crippen molar-refractivity contribution in [3.63, 3.8) is 0 Å². The Hall–Kier alpha value is -1.52. The molecule has 5 nitrogen and oxygen atoms in total. The quantitative estimate of drug-likeness (QED) is 0.592. The lowest BCUT2D eigenvalue weighted by Crippen LogP contribution is -2.38. The molecule has 0 aromatic carbocycles. The number of carbonyl (C=O) groups is 2. The fraction of sp³-hybridized carbons (Fsp3) is 0.667. The highest BCUT2D eigenvalue weighted by Crippen LogP contribution is 2.07. The van der Waals surface area contributed by atoms with Crippen LogP contribution in [0.2, 0.25) is 0 Å². The van der Waals surface area contributed by atoms with E-state index in [2.05, 4.69) is 11.9 Å². The number of esters is 1. The Bertz CT molecular complexity index is 281. The van der Waals surface area contributed by atoms with Gasteiger partial charge in [0.1, 0.15) is 12.2 Å². The van der Waals surface area contributed by atoms with E-state index in [9.17, 15) is 9.59 Å². The van der Waals surface area contributed by atoms with Crippen molar-refractivity contribution in [3.8, 4) is 0 Å². The average Bonchev–Trinajstić information content (AvgIpc) is 2.10. The molecule has 1 amide bonds. The molecule has 98 valence electrons. The summed E-state index contributed by atoms with van der Waals surface area (Å²) in [5.41, 5.74) is -0.548. The molecule has 5 heteroatoms. The summed E-state index contributed by atoms with van der Waals surface area (Å²) in [5.74, 6) is -0.381. The minimum Gasteiger partial charge on any atom is -0.461 e. The van der Waals surface area contributed by atoms with Gasteiger partial charge in [0.15, 0.2) is 0 Å². The Kier molecular flexibility index (Phi) is 6.31. The van der Waals surface area contributed by atoms with Crippen molar-refractivity contribution < 1.29 is 19.1 Å². The fourth-order valence-electron chi connectivity index (χ4n) is 1.02. The van der Waals surface area contributed by atoms with Gasteiger partial charge in [0.25, 0.3) is 0 Å². The number of amides is 1. The number of hydrogen-bond acceptors (Lipinski definition) is 4. The van der Waals surface area contributed by atoms with Crippen LogP contribution in [0.1, 0.15) is 34.1 Å². The predicted molar refractivity (Wildman–Crippen MR) is 64.6 cm³/mol. The lowest BCUT2D eigenvalue weighted by molar-refractivity contribution is -0.142. The zero-order valence-electron chi connectivity index (χ0n) is 10.9. The first-order chi connectivity index (χ1) is 7.74. The van der Waals surface area contributed by atoms with Crippen LogP contribution in [0.5, 0.6) is 0 Å². The van der Waals surface area contributed by atoms with Gasteiger partial charge in [-0.15, -0.1) is 0 Å². The average molecular weight is 243 g/mol. The van der Waals surface area contributed by atoms with Crippen LogP contribution < -0.4 is 5.32 Å². The van der Waals surface area contributed by atoms with Gasteiger partial charge in [-0.05, 0) is 27.7 Å². The summed E-state index contributed by atoms with van der Waals surface area (Å²) in [6, 6.07) is -0.331. The van der Waals surface area contributed by atoms with Crippen LogP contribution >= 0.6 is 0 Å². The number of rotatable bonds is 5. The van der Waals surface area contributed by atoms with Crippen molar-refractivity contribution in [1.29, 1.82) is 0 Å². The van der Waals surface area contributed by atoms with Crippen LogP contribution in [-0.2, 0) is 14.3 Å². The molecule has 1 unspecified atom stereocenters. The molecule has 0 saturated heterocycles. The Labute approximate surface area is 102 Å². The molecular weight excluding hydrogens is 222 g/mol. The highest BCUT2D eigenvalue weighted by molar-refractivity contribution is 5.72. The molecule has 0 aromatic rings. The highest BCUT2D eigenvalue weighted by Gasteiger charge is 2.19. The van der Waals surface area contributed by atoms with Gasteiger partial charge >= 0.3 is 12.1 Å². The van der Waals surface area contributed by atoms with Gasteiger partial charge in [0, 0.05) is 6.04 Å². The van der Waals surface area contributed by atoms with Crippen molar-refractivity contribution in [2.45, 2.75) is 45.8 Å². The first kappa shape index (κ1) is 15.5. The first-order valence-corrected chi connectivity index (χ1v) is 5.50. The second kappa shape index (κ2) is 6.93. The first-order valence-electron chi connectivity index (χ1n) is 5.50. The smallest absolute Gasteiger partial charge is 0.407 e. The Morgan fingerprint density at radius 1 is 1.41 bits per heavy atom. The highest BCUT2D eigenvalue weighted by atomic mass is 16.6. The molecule has 0 fully saturated rings. The van der Waals surface area contributed by atoms with Gasteiger partial charge in [0.05, 0.1) is 6.42 Å². The third-order valence-corrected chi connectivity index (χ3v) is 1.60. The lowest BCUT2D eigenvalue weighted by atomic mass is 10.2. The van der Waals surface area contributed by atoms with E-state index in [4.69, 9.17) is 9.47 Å². The molecule has 0 aromatic heterocycles. The molecule has 1 atom stereocenters. The van der Waals surface area contributed by atoms with Crippen molar-refractivity contribution in [3.05, 3.63) is 12.7 Å². The molecule has 0 rings (SSSR count). The van der Waals surface area contributed by atoms with E-state index in [-0.39, 0.29) is 25.0 Å². The summed E-state index contributed by atoms with van der Waals surface area (Å²) in [7, 11) is 0. The maximum absolute atomic E-state index is 11.4. The van der Waals surface area contributed by atoms with Crippen molar-refractivity contribution in [1.82, 2.24) is 5.32 Å². The summed E-state index contributed by atoms with van der Waals surface area (Å²) in [5, 5.41) is 2.56. The van der Waals surface area contributed by atoms with Crippen LogP contribution in [-0.4, -0.2) is 30.3 Å². The van der Waals surface area contributed by atoms with Gasteiger partial charge in [-0.2, -0.15) is 0 Å². The molecular formula is C12H21NO4. The van der Waals surface area contributed by atoms with Gasteiger partial charge < -0.3 is 14.8 Å². The molecule has 0 radical (unpaired) electrons. The van der Waals surface area contributed by atoms with E-state index in [1.807, 2.05) is 0 Å². The fourth-order valence-corrected chi connectivity index (χ4v) is 1.02. The third kappa shape index (κ3) is 9.41. The summed E-state index contributed by atoms with van der Waals surface area (Å²) in [6.45, 7) is 10.6. The molecule has 0 bridgehead atoms. The van der Waals surface area contributed by atoms with Gasteiger partial charge in [-0.3, -0.25) is 4.79 Å². The second-order valence-electron chi connectivity index (χ2n) is 4.72. The normalized spacial score (nSPS) is 12.5. The topological polar surface area (TPSA) is 64.6 Å². The Balaban J connectivity index is 3.93. The van der Waals surface area contributed by atoms with Gasteiger partial charge in [0.2, 0.25) is 0 Å². The van der Waals surface area contributed by atoms with Crippen molar-refractivity contribution in [2.75, 3.05) is 6.61 Å². The zero-order chi connectivity index (χ0) is 13.5. The molecule has 0 aliphatic carbocycles. The summed E-state index contributed by atoms with van der Waals surface area (Å²) >= 11 is 0. The van der Waals surface area contributed by atoms with E-state index >= 15 is 0 Å².